The standard InChI is InChI=1S/C20H19N3O2S/c1-13-8-9-16(14(2)10-13)17-12-26-20(22-17)23-18(24)11-21-19(25)15-6-4-3-5-7-15/h3-10,12H,11H2,1-2H3,(H,21,25)(H,22,23,24). The SMILES string of the molecule is Cc1ccc(-c2csc(NC(=O)CNC(=O)c3ccccc3)n2)c(C)c1. The smallest absolute Gasteiger partial charge is 0.251 e. The number of aromatic nitrogens is 1. The molecule has 2 aromatic carbocycles. The van der Waals surface area contributed by atoms with Gasteiger partial charge in [0.15, 0.2) is 5.13 Å². The molecule has 0 spiro atoms. The van der Waals surface area contributed by atoms with Gasteiger partial charge >= 0.3 is 0 Å². The van der Waals surface area contributed by atoms with Crippen LogP contribution in [0.1, 0.15) is 21.5 Å². The number of aryl methyl sites for hydroxylation is 2. The molecule has 5 nitrogen and oxygen atoms in total. The van der Waals surface area contributed by atoms with Crippen molar-refractivity contribution in [1.29, 1.82) is 0 Å². The minimum absolute atomic E-state index is 0.105. The van der Waals surface area contributed by atoms with E-state index in [1.54, 1.807) is 24.3 Å². The van der Waals surface area contributed by atoms with Crippen molar-refractivity contribution in [3.8, 4) is 11.3 Å². The highest BCUT2D eigenvalue weighted by molar-refractivity contribution is 7.14. The maximum atomic E-state index is 12.0. The van der Waals surface area contributed by atoms with Gasteiger partial charge in [0.05, 0.1) is 12.2 Å². The van der Waals surface area contributed by atoms with Gasteiger partial charge in [-0.3, -0.25) is 9.59 Å². The number of hydrogen-bond donors (Lipinski definition) is 2. The zero-order valence-corrected chi connectivity index (χ0v) is 15.4. The number of amides is 2. The minimum atomic E-state index is -0.309. The summed E-state index contributed by atoms with van der Waals surface area (Å²) in [7, 11) is 0. The summed E-state index contributed by atoms with van der Waals surface area (Å²) in [5.41, 5.74) is 4.74. The molecular formula is C20H19N3O2S. The summed E-state index contributed by atoms with van der Waals surface area (Å²) in [5, 5.41) is 7.75. The lowest BCUT2D eigenvalue weighted by atomic mass is 10.0. The molecule has 132 valence electrons. The van der Waals surface area contributed by atoms with Crippen LogP contribution in [0.5, 0.6) is 0 Å². The number of rotatable bonds is 5. The molecule has 2 N–H and O–H groups in total. The van der Waals surface area contributed by atoms with Gasteiger partial charge in [-0.1, -0.05) is 42.0 Å². The topological polar surface area (TPSA) is 71.1 Å². The molecule has 2 amide bonds. The van der Waals surface area contributed by atoms with Crippen molar-refractivity contribution in [3.05, 3.63) is 70.6 Å². The summed E-state index contributed by atoms with van der Waals surface area (Å²) in [6.07, 6.45) is 0. The number of anilines is 1. The molecule has 6 heteroatoms. The average Bonchev–Trinajstić information content (AvgIpc) is 3.08. The lowest BCUT2D eigenvalue weighted by Crippen LogP contribution is -2.32. The van der Waals surface area contributed by atoms with Crippen LogP contribution in [0.3, 0.4) is 0 Å². The van der Waals surface area contributed by atoms with Gasteiger partial charge in [-0.2, -0.15) is 0 Å². The highest BCUT2D eigenvalue weighted by Crippen LogP contribution is 2.27. The monoisotopic (exact) mass is 365 g/mol. The van der Waals surface area contributed by atoms with Gasteiger partial charge in [0.2, 0.25) is 5.91 Å². The number of nitrogens with one attached hydrogen (secondary N) is 2. The van der Waals surface area contributed by atoms with Crippen LogP contribution in [0.4, 0.5) is 5.13 Å². The molecule has 0 unspecified atom stereocenters. The van der Waals surface area contributed by atoms with E-state index >= 15 is 0 Å². The summed E-state index contributed by atoms with van der Waals surface area (Å²) in [5.74, 6) is -0.591. The predicted octanol–water partition coefficient (Wildman–Crippen LogP) is 3.80. The molecule has 0 aliphatic carbocycles. The van der Waals surface area contributed by atoms with Crippen molar-refractivity contribution in [2.24, 2.45) is 0 Å². The zero-order chi connectivity index (χ0) is 18.5. The Morgan fingerprint density at radius 1 is 1.08 bits per heavy atom. The van der Waals surface area contributed by atoms with Crippen LogP contribution in [0, 0.1) is 13.8 Å². The Balaban J connectivity index is 1.58. The van der Waals surface area contributed by atoms with E-state index in [1.165, 1.54) is 16.9 Å². The summed E-state index contributed by atoms with van der Waals surface area (Å²) in [6, 6.07) is 15.0. The maximum Gasteiger partial charge on any atom is 0.251 e. The normalized spacial score (nSPS) is 10.4. The van der Waals surface area contributed by atoms with Gasteiger partial charge < -0.3 is 10.6 Å². The van der Waals surface area contributed by atoms with Crippen molar-refractivity contribution >= 4 is 28.3 Å². The Bertz CT molecular complexity index is 935. The fraction of sp³-hybridized carbons (Fsp3) is 0.150. The molecule has 0 bridgehead atoms. The second kappa shape index (κ2) is 7.93. The first-order chi connectivity index (χ1) is 12.5. The van der Waals surface area contributed by atoms with Gasteiger partial charge in [0, 0.05) is 16.5 Å². The first-order valence-electron chi connectivity index (χ1n) is 8.19. The third kappa shape index (κ3) is 4.34. The van der Waals surface area contributed by atoms with Crippen LogP contribution < -0.4 is 10.6 Å². The van der Waals surface area contributed by atoms with E-state index in [-0.39, 0.29) is 18.4 Å². The van der Waals surface area contributed by atoms with Gasteiger partial charge in [-0.15, -0.1) is 11.3 Å². The van der Waals surface area contributed by atoms with E-state index in [9.17, 15) is 9.59 Å². The van der Waals surface area contributed by atoms with Gasteiger partial charge in [-0.05, 0) is 31.5 Å². The summed E-state index contributed by atoms with van der Waals surface area (Å²) in [6.45, 7) is 3.98. The van der Waals surface area contributed by atoms with E-state index in [2.05, 4.69) is 21.7 Å². The van der Waals surface area contributed by atoms with Crippen molar-refractivity contribution in [2.45, 2.75) is 13.8 Å². The number of carbonyl (C=O) groups excluding carboxylic acids is 2. The molecule has 0 atom stereocenters. The van der Waals surface area contributed by atoms with Gasteiger partial charge in [0.25, 0.3) is 5.91 Å². The summed E-state index contributed by atoms with van der Waals surface area (Å²) in [4.78, 5) is 28.5. The average molecular weight is 365 g/mol. The van der Waals surface area contributed by atoms with Crippen molar-refractivity contribution in [1.82, 2.24) is 10.3 Å². The summed E-state index contributed by atoms with van der Waals surface area (Å²) >= 11 is 1.36. The van der Waals surface area contributed by atoms with Crippen LogP contribution in [0.15, 0.2) is 53.9 Å². The number of benzene rings is 2. The Morgan fingerprint density at radius 2 is 1.85 bits per heavy atom. The number of thiazole rings is 1. The molecule has 0 fully saturated rings. The van der Waals surface area contributed by atoms with Crippen LogP contribution in [0.25, 0.3) is 11.3 Å². The van der Waals surface area contributed by atoms with Crippen LogP contribution in [0.2, 0.25) is 0 Å². The second-order valence-electron chi connectivity index (χ2n) is 5.95. The molecule has 0 radical (unpaired) electrons. The molecule has 0 aliphatic rings. The van der Waals surface area contributed by atoms with Crippen molar-refractivity contribution < 1.29 is 9.59 Å². The predicted molar refractivity (Wildman–Crippen MR) is 104 cm³/mol. The third-order valence-electron chi connectivity index (χ3n) is 3.85. The van der Waals surface area contributed by atoms with Crippen LogP contribution >= 0.6 is 11.3 Å². The lowest BCUT2D eigenvalue weighted by molar-refractivity contribution is -0.115. The number of nitrogens with zero attached hydrogens (tertiary/aromatic N) is 1. The molecule has 3 rings (SSSR count). The third-order valence-corrected chi connectivity index (χ3v) is 4.61. The van der Waals surface area contributed by atoms with E-state index in [0.29, 0.717) is 10.7 Å². The number of hydrogen-bond acceptors (Lipinski definition) is 4. The van der Waals surface area contributed by atoms with Gasteiger partial charge in [-0.25, -0.2) is 4.98 Å². The zero-order valence-electron chi connectivity index (χ0n) is 14.6. The van der Waals surface area contributed by atoms with Crippen LogP contribution in [-0.4, -0.2) is 23.3 Å². The Labute approximate surface area is 156 Å². The molecular weight excluding hydrogens is 346 g/mol. The Morgan fingerprint density at radius 3 is 2.58 bits per heavy atom. The molecule has 3 aromatic rings. The lowest BCUT2D eigenvalue weighted by Gasteiger charge is -2.05. The highest BCUT2D eigenvalue weighted by Gasteiger charge is 2.11. The van der Waals surface area contributed by atoms with E-state index in [4.69, 9.17) is 0 Å². The quantitative estimate of drug-likeness (QED) is 0.722. The Hall–Kier alpha value is -2.99. The maximum absolute atomic E-state index is 12.0. The van der Waals surface area contributed by atoms with Crippen LogP contribution in [-0.2, 0) is 4.79 Å². The molecule has 1 heterocycles. The molecule has 1 aromatic heterocycles. The second-order valence-corrected chi connectivity index (χ2v) is 6.81. The molecule has 0 saturated carbocycles. The number of carbonyl (C=O) groups is 2. The van der Waals surface area contributed by atoms with E-state index in [1.807, 2.05) is 37.4 Å². The molecule has 26 heavy (non-hydrogen) atoms. The van der Waals surface area contributed by atoms with E-state index < -0.39 is 0 Å². The fourth-order valence-electron chi connectivity index (χ4n) is 2.57. The largest absolute Gasteiger partial charge is 0.343 e. The van der Waals surface area contributed by atoms with Crippen molar-refractivity contribution in [3.63, 3.8) is 0 Å². The van der Waals surface area contributed by atoms with Crippen molar-refractivity contribution in [2.75, 3.05) is 11.9 Å². The molecule has 0 aliphatic heterocycles. The minimum Gasteiger partial charge on any atom is -0.343 e. The molecule has 0 saturated heterocycles. The first kappa shape index (κ1) is 17.8. The Kier molecular flexibility index (Phi) is 5.43. The van der Waals surface area contributed by atoms with Gasteiger partial charge in [0.1, 0.15) is 0 Å². The first-order valence-corrected chi connectivity index (χ1v) is 9.07. The van der Waals surface area contributed by atoms with E-state index in [0.717, 1.165) is 16.8 Å². The summed E-state index contributed by atoms with van der Waals surface area (Å²) < 4.78 is 0. The highest BCUT2D eigenvalue weighted by atomic mass is 32.1. The fourth-order valence-corrected chi connectivity index (χ4v) is 3.30.